The van der Waals surface area contributed by atoms with Crippen LogP contribution in [0.1, 0.15) is 39.1 Å². The number of nitrogen functional groups attached to an aromatic ring is 1. The Labute approximate surface area is 191 Å². The molecular formula is C23H28FN5O2S. The number of esters is 1. The number of nitrogens with zero attached hydrogens (tertiary/aromatic N) is 3. The van der Waals surface area contributed by atoms with Crippen LogP contribution in [0.4, 0.5) is 16.0 Å². The van der Waals surface area contributed by atoms with Crippen LogP contribution in [0.3, 0.4) is 0 Å². The lowest BCUT2D eigenvalue weighted by molar-refractivity contribution is -0.141. The molecule has 0 radical (unpaired) electrons. The largest absolute Gasteiger partial charge is 0.469 e. The van der Waals surface area contributed by atoms with Gasteiger partial charge in [-0.3, -0.25) is 4.79 Å². The summed E-state index contributed by atoms with van der Waals surface area (Å²) in [5, 5.41) is 4.03. The number of nitrogens with two attached hydrogens (primary N) is 1. The first kappa shape index (κ1) is 23.6. The van der Waals surface area contributed by atoms with Crippen LogP contribution < -0.4 is 11.1 Å². The van der Waals surface area contributed by atoms with Crippen LogP contribution in [0, 0.1) is 11.7 Å². The van der Waals surface area contributed by atoms with Crippen LogP contribution in [-0.2, 0) is 14.9 Å². The van der Waals surface area contributed by atoms with E-state index in [2.05, 4.69) is 36.1 Å². The molecule has 0 saturated carbocycles. The Morgan fingerprint density at radius 2 is 2.03 bits per heavy atom. The monoisotopic (exact) mass is 457 g/mol. The lowest BCUT2D eigenvalue weighted by atomic mass is 9.98. The third kappa shape index (κ3) is 5.40. The zero-order valence-electron chi connectivity index (χ0n) is 18.9. The molecule has 0 saturated heterocycles. The molecule has 1 aromatic carbocycles. The Kier molecular flexibility index (Phi) is 7.08. The number of anilines is 2. The van der Waals surface area contributed by atoms with Crippen LogP contribution in [0.15, 0.2) is 30.5 Å². The molecule has 3 rings (SSSR count). The van der Waals surface area contributed by atoms with E-state index in [4.69, 9.17) is 15.5 Å². The molecule has 0 aliphatic carbocycles. The van der Waals surface area contributed by atoms with Gasteiger partial charge in [-0.25, -0.2) is 19.3 Å². The summed E-state index contributed by atoms with van der Waals surface area (Å²) in [7, 11) is 1.37. The summed E-state index contributed by atoms with van der Waals surface area (Å²) in [6, 6.07) is 6.68. The molecule has 0 spiro atoms. The lowest BCUT2D eigenvalue weighted by Gasteiger charge is -2.13. The van der Waals surface area contributed by atoms with Crippen molar-refractivity contribution < 1.29 is 13.9 Å². The zero-order valence-corrected chi connectivity index (χ0v) is 19.7. The number of nitrogens with one attached hydrogen (secondary N) is 1. The summed E-state index contributed by atoms with van der Waals surface area (Å²) in [6.07, 6.45) is 1.94. The predicted molar refractivity (Wildman–Crippen MR) is 126 cm³/mol. The molecule has 0 amide bonds. The fraction of sp³-hybridized carbons (Fsp3) is 0.391. The first-order valence-corrected chi connectivity index (χ1v) is 11.1. The second-order valence-electron chi connectivity index (χ2n) is 8.69. The van der Waals surface area contributed by atoms with Crippen molar-refractivity contribution in [3.63, 3.8) is 0 Å². The van der Waals surface area contributed by atoms with Gasteiger partial charge in [0.05, 0.1) is 34.1 Å². The highest BCUT2D eigenvalue weighted by atomic mass is 32.1. The van der Waals surface area contributed by atoms with Crippen molar-refractivity contribution in [2.24, 2.45) is 5.92 Å². The number of thiazole rings is 1. The van der Waals surface area contributed by atoms with Crippen LogP contribution in [-0.4, -0.2) is 34.6 Å². The number of ether oxygens (including phenoxy) is 1. The average molecular weight is 458 g/mol. The summed E-state index contributed by atoms with van der Waals surface area (Å²) >= 11 is 1.48. The van der Waals surface area contributed by atoms with Gasteiger partial charge in [0.15, 0.2) is 5.82 Å². The molecule has 0 bridgehead atoms. The molecule has 3 aromatic rings. The first-order chi connectivity index (χ1) is 15.1. The molecule has 0 aliphatic heterocycles. The predicted octanol–water partition coefficient (Wildman–Crippen LogP) is 4.90. The first-order valence-electron chi connectivity index (χ1n) is 10.3. The maximum absolute atomic E-state index is 14.9. The van der Waals surface area contributed by atoms with E-state index in [1.807, 2.05) is 6.92 Å². The van der Waals surface area contributed by atoms with Gasteiger partial charge < -0.3 is 15.8 Å². The summed E-state index contributed by atoms with van der Waals surface area (Å²) in [5.41, 5.74) is 7.14. The number of hydrogen-bond donors (Lipinski definition) is 2. The molecule has 1 atom stereocenters. The number of carbonyl (C=O) groups is 1. The van der Waals surface area contributed by atoms with Gasteiger partial charge >= 0.3 is 5.97 Å². The Morgan fingerprint density at radius 3 is 2.72 bits per heavy atom. The van der Waals surface area contributed by atoms with E-state index in [1.165, 1.54) is 24.5 Å². The van der Waals surface area contributed by atoms with Gasteiger partial charge in [0.25, 0.3) is 0 Å². The molecule has 170 valence electrons. The van der Waals surface area contributed by atoms with E-state index in [-0.39, 0.29) is 23.0 Å². The van der Waals surface area contributed by atoms with E-state index >= 15 is 0 Å². The molecule has 0 fully saturated rings. The summed E-state index contributed by atoms with van der Waals surface area (Å²) in [4.78, 5) is 25.9. The quantitative estimate of drug-likeness (QED) is 0.384. The van der Waals surface area contributed by atoms with Crippen LogP contribution in [0.2, 0.25) is 0 Å². The lowest BCUT2D eigenvalue weighted by Crippen LogP contribution is -2.17. The fourth-order valence-electron chi connectivity index (χ4n) is 3.01. The molecule has 2 aromatic heterocycles. The third-order valence-electron chi connectivity index (χ3n) is 4.79. The van der Waals surface area contributed by atoms with Crippen LogP contribution in [0.5, 0.6) is 0 Å². The second-order valence-corrected chi connectivity index (χ2v) is 9.69. The molecule has 0 unspecified atom stereocenters. The maximum atomic E-state index is 14.9. The SMILES string of the molecule is COC(=O)C[C@@H](C)CNc1nccc(-c2sc(C(C)(C)C)nc2-c2cccc(N)c2F)n1. The average Bonchev–Trinajstić information content (AvgIpc) is 3.20. The summed E-state index contributed by atoms with van der Waals surface area (Å²) < 4.78 is 19.6. The van der Waals surface area contributed by atoms with Crippen molar-refractivity contribution in [3.05, 3.63) is 41.3 Å². The number of hydrogen-bond acceptors (Lipinski definition) is 8. The van der Waals surface area contributed by atoms with Crippen molar-refractivity contribution in [3.8, 4) is 21.8 Å². The van der Waals surface area contributed by atoms with Gasteiger partial charge in [0.2, 0.25) is 5.95 Å². The Bertz CT molecular complexity index is 1110. The van der Waals surface area contributed by atoms with Crippen LogP contribution >= 0.6 is 11.3 Å². The highest BCUT2D eigenvalue weighted by Crippen LogP contribution is 2.41. The number of methoxy groups -OCH3 is 1. The Balaban J connectivity index is 1.97. The van der Waals surface area contributed by atoms with Crippen molar-refractivity contribution in [2.45, 2.75) is 39.5 Å². The number of benzene rings is 1. The van der Waals surface area contributed by atoms with Crippen molar-refractivity contribution in [1.29, 1.82) is 0 Å². The minimum absolute atomic E-state index is 0.0440. The second kappa shape index (κ2) is 9.60. The molecule has 9 heteroatoms. The smallest absolute Gasteiger partial charge is 0.305 e. The van der Waals surface area contributed by atoms with Crippen molar-refractivity contribution in [1.82, 2.24) is 15.0 Å². The third-order valence-corrected chi connectivity index (χ3v) is 6.30. The van der Waals surface area contributed by atoms with Gasteiger partial charge in [0.1, 0.15) is 0 Å². The minimum Gasteiger partial charge on any atom is -0.469 e. The molecule has 2 heterocycles. The normalized spacial score (nSPS) is 12.4. The van der Waals surface area contributed by atoms with Crippen LogP contribution in [0.25, 0.3) is 21.8 Å². The van der Waals surface area contributed by atoms with Crippen molar-refractivity contribution >= 4 is 28.9 Å². The summed E-state index contributed by atoms with van der Waals surface area (Å²) in [6.45, 7) is 8.62. The van der Waals surface area contributed by atoms with E-state index in [0.717, 1.165) is 9.88 Å². The minimum atomic E-state index is -0.497. The molecule has 0 aliphatic rings. The Morgan fingerprint density at radius 1 is 1.28 bits per heavy atom. The molecular weight excluding hydrogens is 429 g/mol. The van der Waals surface area contributed by atoms with Gasteiger partial charge in [0, 0.05) is 30.1 Å². The maximum Gasteiger partial charge on any atom is 0.305 e. The van der Waals surface area contributed by atoms with Gasteiger partial charge in [-0.1, -0.05) is 33.8 Å². The highest BCUT2D eigenvalue weighted by molar-refractivity contribution is 7.15. The van der Waals surface area contributed by atoms with Crippen molar-refractivity contribution in [2.75, 3.05) is 24.7 Å². The van der Waals surface area contributed by atoms with Gasteiger partial charge in [-0.05, 0) is 24.1 Å². The topological polar surface area (TPSA) is 103 Å². The number of carbonyl (C=O) groups excluding carboxylic acids is 1. The number of halogens is 1. The van der Waals surface area contributed by atoms with Gasteiger partial charge in [-0.15, -0.1) is 11.3 Å². The molecule has 3 N–H and O–H groups in total. The van der Waals surface area contributed by atoms with E-state index < -0.39 is 5.82 Å². The van der Waals surface area contributed by atoms with E-state index in [0.29, 0.717) is 35.9 Å². The number of rotatable bonds is 7. The van der Waals surface area contributed by atoms with Gasteiger partial charge in [-0.2, -0.15) is 0 Å². The number of aromatic nitrogens is 3. The summed E-state index contributed by atoms with van der Waals surface area (Å²) in [5.74, 6) is -0.294. The standard InChI is InChI=1S/C23H28FN5O2S/c1-13(11-17(30)31-5)12-27-22-26-10-9-16(28-22)20-19(29-21(32-20)23(2,3)4)14-7-6-8-15(25)18(14)24/h6-10,13H,11-12,25H2,1-5H3,(H,26,27,28)/t13-/m1/s1. The fourth-order valence-corrected chi connectivity index (χ4v) is 4.11. The van der Waals surface area contributed by atoms with E-state index in [1.54, 1.807) is 24.4 Å². The zero-order chi connectivity index (χ0) is 23.5. The van der Waals surface area contributed by atoms with E-state index in [9.17, 15) is 9.18 Å². The molecule has 7 nitrogen and oxygen atoms in total. The highest BCUT2D eigenvalue weighted by Gasteiger charge is 2.25. The Hall–Kier alpha value is -3.07. The molecule has 32 heavy (non-hydrogen) atoms.